The van der Waals surface area contributed by atoms with E-state index >= 15 is 0 Å². The van der Waals surface area contributed by atoms with E-state index in [-0.39, 0.29) is 11.6 Å². The maximum atomic E-state index is 12.1. The highest BCUT2D eigenvalue weighted by Crippen LogP contribution is 2.26. The van der Waals surface area contributed by atoms with Crippen LogP contribution in [0, 0.1) is 10.1 Å². The molecule has 2 rings (SSSR count). The summed E-state index contributed by atoms with van der Waals surface area (Å²) in [6.07, 6.45) is 3.56. The van der Waals surface area contributed by atoms with Crippen LogP contribution in [-0.4, -0.2) is 35.4 Å². The van der Waals surface area contributed by atoms with Crippen LogP contribution in [0.1, 0.15) is 29.6 Å². The quantitative estimate of drug-likeness (QED) is 0.645. The van der Waals surface area contributed by atoms with E-state index in [0.717, 1.165) is 12.2 Å². The van der Waals surface area contributed by atoms with Gasteiger partial charge in [-0.25, -0.2) is 0 Å². The van der Waals surface area contributed by atoms with Crippen molar-refractivity contribution in [2.75, 3.05) is 24.7 Å². The molecule has 0 aromatic heterocycles. The van der Waals surface area contributed by atoms with Gasteiger partial charge in [-0.2, -0.15) is 11.8 Å². The van der Waals surface area contributed by atoms with Crippen molar-refractivity contribution in [1.29, 1.82) is 0 Å². The Balaban J connectivity index is 2.01. The molecule has 1 unspecified atom stereocenters. The Morgan fingerprint density at radius 2 is 2.29 bits per heavy atom. The van der Waals surface area contributed by atoms with E-state index in [2.05, 4.69) is 10.6 Å². The molecule has 1 fully saturated rings. The highest BCUT2D eigenvalue weighted by Gasteiger charge is 2.18. The van der Waals surface area contributed by atoms with E-state index in [1.807, 2.05) is 11.8 Å². The lowest BCUT2D eigenvalue weighted by molar-refractivity contribution is -0.384. The summed E-state index contributed by atoms with van der Waals surface area (Å²) in [7, 11) is 1.61. The summed E-state index contributed by atoms with van der Waals surface area (Å²) in [6, 6.07) is 4.47. The summed E-state index contributed by atoms with van der Waals surface area (Å²) in [5.41, 5.74) is 0.637. The molecule has 0 aliphatic carbocycles. The van der Waals surface area contributed by atoms with Crippen molar-refractivity contribution < 1.29 is 9.72 Å². The smallest absolute Gasteiger partial charge is 0.293 e. The minimum atomic E-state index is -0.487. The van der Waals surface area contributed by atoms with Gasteiger partial charge in [0, 0.05) is 30.5 Å². The number of carbonyl (C=O) groups excluding carboxylic acids is 1. The fourth-order valence-corrected chi connectivity index (χ4v) is 3.55. The van der Waals surface area contributed by atoms with E-state index in [1.165, 1.54) is 18.9 Å². The molecule has 0 radical (unpaired) electrons. The van der Waals surface area contributed by atoms with Crippen LogP contribution in [0.2, 0.25) is 0 Å². The number of hydrogen-bond donors (Lipinski definition) is 2. The summed E-state index contributed by atoms with van der Waals surface area (Å²) < 4.78 is 0. The monoisotopic (exact) mass is 309 g/mol. The van der Waals surface area contributed by atoms with Crippen molar-refractivity contribution in [1.82, 2.24) is 5.32 Å². The third-order valence-electron chi connectivity index (χ3n) is 3.49. The zero-order chi connectivity index (χ0) is 15.2. The first-order chi connectivity index (χ1) is 10.1. The summed E-state index contributed by atoms with van der Waals surface area (Å²) in [6.45, 7) is 0.616. The second-order valence-electron chi connectivity index (χ2n) is 4.94. The third-order valence-corrected chi connectivity index (χ3v) is 4.89. The largest absolute Gasteiger partial charge is 0.383 e. The Morgan fingerprint density at radius 3 is 2.90 bits per heavy atom. The molecule has 2 N–H and O–H groups in total. The Hall–Kier alpha value is -1.76. The number of hydrogen-bond acceptors (Lipinski definition) is 5. The summed E-state index contributed by atoms with van der Waals surface area (Å²) in [4.78, 5) is 22.6. The zero-order valence-corrected chi connectivity index (χ0v) is 12.7. The highest BCUT2D eigenvalue weighted by atomic mass is 32.2. The number of nitro benzene ring substituents is 1. The van der Waals surface area contributed by atoms with Gasteiger partial charge in [0.05, 0.1) is 4.92 Å². The SMILES string of the molecule is CNc1ccc(C(=O)NCC2CCCCS2)cc1[N+](=O)[O-]. The van der Waals surface area contributed by atoms with Crippen molar-refractivity contribution in [2.24, 2.45) is 0 Å². The van der Waals surface area contributed by atoms with Gasteiger partial charge in [0.25, 0.3) is 11.6 Å². The molecule has 0 saturated carbocycles. The van der Waals surface area contributed by atoms with Gasteiger partial charge in [0.2, 0.25) is 0 Å². The van der Waals surface area contributed by atoms with Gasteiger partial charge >= 0.3 is 0 Å². The predicted octanol–water partition coefficient (Wildman–Crippen LogP) is 2.65. The Morgan fingerprint density at radius 1 is 1.48 bits per heavy atom. The summed E-state index contributed by atoms with van der Waals surface area (Å²) in [5.74, 6) is 0.884. The molecule has 0 spiro atoms. The summed E-state index contributed by atoms with van der Waals surface area (Å²) >= 11 is 1.88. The number of amides is 1. The van der Waals surface area contributed by atoms with Gasteiger partial charge in [-0.3, -0.25) is 14.9 Å². The second-order valence-corrected chi connectivity index (χ2v) is 6.35. The van der Waals surface area contributed by atoms with Crippen LogP contribution >= 0.6 is 11.8 Å². The first kappa shape index (κ1) is 15.6. The molecule has 21 heavy (non-hydrogen) atoms. The average molecular weight is 309 g/mol. The van der Waals surface area contributed by atoms with Gasteiger partial charge in [0.15, 0.2) is 0 Å². The average Bonchev–Trinajstić information content (AvgIpc) is 2.52. The van der Waals surface area contributed by atoms with Crippen molar-refractivity contribution in [3.05, 3.63) is 33.9 Å². The fraction of sp³-hybridized carbons (Fsp3) is 0.500. The van der Waals surface area contributed by atoms with E-state index < -0.39 is 4.92 Å². The van der Waals surface area contributed by atoms with Gasteiger partial charge in [-0.1, -0.05) is 6.42 Å². The van der Waals surface area contributed by atoms with Crippen LogP contribution < -0.4 is 10.6 Å². The number of benzene rings is 1. The van der Waals surface area contributed by atoms with Crippen LogP contribution in [0.25, 0.3) is 0 Å². The number of nitro groups is 1. The normalized spacial score (nSPS) is 18.0. The topological polar surface area (TPSA) is 84.3 Å². The Labute approximate surface area is 127 Å². The predicted molar refractivity (Wildman–Crippen MR) is 85.1 cm³/mol. The third kappa shape index (κ3) is 4.10. The molecule has 1 aliphatic rings. The summed E-state index contributed by atoms with van der Waals surface area (Å²) in [5, 5.41) is 17.1. The van der Waals surface area contributed by atoms with Crippen LogP contribution in [0.5, 0.6) is 0 Å². The maximum absolute atomic E-state index is 12.1. The van der Waals surface area contributed by atoms with Crippen LogP contribution in [0.15, 0.2) is 18.2 Å². The number of rotatable bonds is 5. The van der Waals surface area contributed by atoms with E-state index in [9.17, 15) is 14.9 Å². The molecule has 114 valence electrons. The second kappa shape index (κ2) is 7.31. The van der Waals surface area contributed by atoms with Crippen molar-refractivity contribution in [3.8, 4) is 0 Å². The van der Waals surface area contributed by atoms with Crippen molar-refractivity contribution in [2.45, 2.75) is 24.5 Å². The van der Waals surface area contributed by atoms with Crippen LogP contribution in [-0.2, 0) is 0 Å². The molecule has 1 saturated heterocycles. The number of nitrogens with one attached hydrogen (secondary N) is 2. The van der Waals surface area contributed by atoms with Crippen molar-refractivity contribution in [3.63, 3.8) is 0 Å². The molecule has 0 bridgehead atoms. The Bertz CT molecular complexity index is 530. The molecule has 1 amide bonds. The minimum absolute atomic E-state index is 0.0859. The molecule has 1 atom stereocenters. The highest BCUT2D eigenvalue weighted by molar-refractivity contribution is 7.99. The molecule has 1 aromatic rings. The molecular formula is C14H19N3O3S. The van der Waals surface area contributed by atoms with Crippen LogP contribution in [0.3, 0.4) is 0 Å². The fourth-order valence-electron chi connectivity index (χ4n) is 2.31. The Kier molecular flexibility index (Phi) is 5.44. The van der Waals surface area contributed by atoms with Crippen LogP contribution in [0.4, 0.5) is 11.4 Å². The molecule has 1 aliphatic heterocycles. The lowest BCUT2D eigenvalue weighted by Crippen LogP contribution is -2.31. The minimum Gasteiger partial charge on any atom is -0.383 e. The number of anilines is 1. The molecule has 6 nitrogen and oxygen atoms in total. The standard InChI is InChI=1S/C14H19N3O3S/c1-15-12-6-5-10(8-13(12)17(19)20)14(18)16-9-11-4-2-3-7-21-11/h5-6,8,11,15H,2-4,7,9H2,1H3,(H,16,18). The maximum Gasteiger partial charge on any atom is 0.293 e. The lowest BCUT2D eigenvalue weighted by Gasteiger charge is -2.21. The molecular weight excluding hydrogens is 290 g/mol. The first-order valence-electron chi connectivity index (χ1n) is 6.98. The van der Waals surface area contributed by atoms with E-state index in [1.54, 1.807) is 19.2 Å². The van der Waals surface area contributed by atoms with Gasteiger partial charge in [0.1, 0.15) is 5.69 Å². The van der Waals surface area contributed by atoms with E-state index in [0.29, 0.717) is 23.0 Å². The van der Waals surface area contributed by atoms with Gasteiger partial charge in [-0.05, 0) is 30.7 Å². The lowest BCUT2D eigenvalue weighted by atomic mass is 10.1. The number of thioether (sulfide) groups is 1. The zero-order valence-electron chi connectivity index (χ0n) is 11.9. The number of nitrogens with zero attached hydrogens (tertiary/aromatic N) is 1. The van der Waals surface area contributed by atoms with Gasteiger partial charge in [-0.15, -0.1) is 0 Å². The molecule has 1 aromatic carbocycles. The van der Waals surface area contributed by atoms with Gasteiger partial charge < -0.3 is 10.6 Å². The molecule has 1 heterocycles. The van der Waals surface area contributed by atoms with Crippen molar-refractivity contribution >= 4 is 29.0 Å². The molecule has 7 heteroatoms. The number of carbonyl (C=O) groups is 1. The van der Waals surface area contributed by atoms with E-state index in [4.69, 9.17) is 0 Å². The first-order valence-corrected chi connectivity index (χ1v) is 8.02.